The normalized spacial score (nSPS) is 10.2. The molecular formula is C9H9N3O. The maximum absolute atomic E-state index is 11.0. The van der Waals surface area contributed by atoms with E-state index in [0.29, 0.717) is 0 Å². The van der Waals surface area contributed by atoms with Crippen LogP contribution in [0, 0.1) is 0 Å². The van der Waals surface area contributed by atoms with E-state index in [1.807, 2.05) is 23.9 Å². The lowest BCUT2D eigenvalue weighted by Crippen LogP contribution is -2.05. The van der Waals surface area contributed by atoms with Gasteiger partial charge in [-0.05, 0) is 6.07 Å². The fraction of sp³-hybridized carbons (Fsp3) is 0.111. The Labute approximate surface area is 74.9 Å². The van der Waals surface area contributed by atoms with E-state index in [0.717, 1.165) is 11.5 Å². The van der Waals surface area contributed by atoms with Gasteiger partial charge in [0.15, 0.2) is 5.82 Å². The number of pyridine rings is 1. The topological polar surface area (TPSA) is 50.7 Å². The highest BCUT2D eigenvalue weighted by Gasteiger charge is 2.02. The first-order chi connectivity index (χ1) is 6.27. The van der Waals surface area contributed by atoms with Crippen LogP contribution in [0.4, 0.5) is 0 Å². The van der Waals surface area contributed by atoms with Gasteiger partial charge in [0.2, 0.25) is 5.56 Å². The monoisotopic (exact) mass is 175 g/mol. The number of aromatic amines is 1. The van der Waals surface area contributed by atoms with Gasteiger partial charge in [0.25, 0.3) is 0 Å². The molecule has 2 heterocycles. The molecule has 0 unspecified atom stereocenters. The molecule has 4 heteroatoms. The second-order valence-corrected chi connectivity index (χ2v) is 2.79. The average molecular weight is 175 g/mol. The van der Waals surface area contributed by atoms with Gasteiger partial charge in [0.1, 0.15) is 0 Å². The van der Waals surface area contributed by atoms with E-state index in [9.17, 15) is 4.79 Å². The van der Waals surface area contributed by atoms with Crippen molar-refractivity contribution in [1.82, 2.24) is 14.5 Å². The smallest absolute Gasteiger partial charge is 0.248 e. The van der Waals surface area contributed by atoms with Crippen molar-refractivity contribution in [3.05, 3.63) is 40.9 Å². The fourth-order valence-electron chi connectivity index (χ4n) is 1.20. The molecule has 0 fully saturated rings. The molecule has 2 rings (SSSR count). The van der Waals surface area contributed by atoms with Crippen molar-refractivity contribution in [3.8, 4) is 11.5 Å². The lowest BCUT2D eigenvalue weighted by atomic mass is 10.3. The quantitative estimate of drug-likeness (QED) is 0.696. The zero-order chi connectivity index (χ0) is 9.26. The van der Waals surface area contributed by atoms with Gasteiger partial charge in [-0.3, -0.25) is 4.79 Å². The summed E-state index contributed by atoms with van der Waals surface area (Å²) in [5, 5.41) is 0. The molecule has 0 saturated carbocycles. The van der Waals surface area contributed by atoms with Crippen molar-refractivity contribution in [2.75, 3.05) is 0 Å². The number of nitrogens with zero attached hydrogens (tertiary/aromatic N) is 2. The van der Waals surface area contributed by atoms with Gasteiger partial charge in [-0.1, -0.05) is 6.07 Å². The van der Waals surface area contributed by atoms with Gasteiger partial charge < -0.3 is 9.55 Å². The van der Waals surface area contributed by atoms with Crippen LogP contribution >= 0.6 is 0 Å². The Kier molecular flexibility index (Phi) is 1.73. The largest absolute Gasteiger partial charge is 0.333 e. The second-order valence-electron chi connectivity index (χ2n) is 2.79. The van der Waals surface area contributed by atoms with Crippen LogP contribution in [0.2, 0.25) is 0 Å². The molecule has 0 aliphatic rings. The summed E-state index contributed by atoms with van der Waals surface area (Å²) in [7, 11) is 1.88. The molecule has 0 saturated heterocycles. The predicted octanol–water partition coefficient (Wildman–Crippen LogP) is 0.775. The minimum Gasteiger partial charge on any atom is -0.333 e. The number of nitrogens with one attached hydrogen (secondary N) is 1. The van der Waals surface area contributed by atoms with Gasteiger partial charge in [0.05, 0.1) is 5.69 Å². The molecule has 4 nitrogen and oxygen atoms in total. The molecule has 2 aromatic heterocycles. The van der Waals surface area contributed by atoms with Gasteiger partial charge in [-0.2, -0.15) is 0 Å². The van der Waals surface area contributed by atoms with Crippen molar-refractivity contribution >= 4 is 0 Å². The summed E-state index contributed by atoms with van der Waals surface area (Å²) < 4.78 is 1.85. The zero-order valence-electron chi connectivity index (χ0n) is 7.19. The number of hydrogen-bond donors (Lipinski definition) is 1. The molecule has 1 N–H and O–H groups in total. The molecule has 13 heavy (non-hydrogen) atoms. The fourth-order valence-corrected chi connectivity index (χ4v) is 1.20. The minimum absolute atomic E-state index is 0.111. The highest BCUT2D eigenvalue weighted by molar-refractivity contribution is 5.48. The lowest BCUT2D eigenvalue weighted by Gasteiger charge is -1.99. The third-order valence-electron chi connectivity index (χ3n) is 1.83. The van der Waals surface area contributed by atoms with E-state index < -0.39 is 0 Å². The number of imidazole rings is 1. The summed E-state index contributed by atoms with van der Waals surface area (Å²) in [6.45, 7) is 0. The maximum Gasteiger partial charge on any atom is 0.248 e. The summed E-state index contributed by atoms with van der Waals surface area (Å²) in [6.07, 6.45) is 3.53. The number of H-pyrrole nitrogens is 1. The van der Waals surface area contributed by atoms with Gasteiger partial charge in [-0.25, -0.2) is 4.98 Å². The highest BCUT2D eigenvalue weighted by atomic mass is 16.1. The van der Waals surface area contributed by atoms with Crippen molar-refractivity contribution < 1.29 is 0 Å². The van der Waals surface area contributed by atoms with E-state index in [1.54, 1.807) is 12.3 Å². The van der Waals surface area contributed by atoms with Crippen LogP contribution in [0.1, 0.15) is 0 Å². The van der Waals surface area contributed by atoms with Crippen LogP contribution in [0.25, 0.3) is 11.5 Å². The summed E-state index contributed by atoms with van der Waals surface area (Å²) in [6, 6.07) is 5.01. The molecule has 66 valence electrons. The number of aryl methyl sites for hydroxylation is 1. The molecule has 0 aliphatic heterocycles. The first-order valence-electron chi connectivity index (χ1n) is 3.94. The molecular weight excluding hydrogens is 166 g/mol. The molecule has 0 radical (unpaired) electrons. The molecule has 2 aromatic rings. The van der Waals surface area contributed by atoms with E-state index in [2.05, 4.69) is 9.97 Å². The van der Waals surface area contributed by atoms with E-state index >= 15 is 0 Å². The Hall–Kier alpha value is -1.84. The van der Waals surface area contributed by atoms with Gasteiger partial charge >= 0.3 is 0 Å². The zero-order valence-corrected chi connectivity index (χ0v) is 7.19. The standard InChI is InChI=1S/C9H9N3O/c1-12-6-5-10-9(12)7-3-2-4-8(13)11-7/h2-6H,1H3,(H,11,13). The highest BCUT2D eigenvalue weighted by Crippen LogP contribution is 2.10. The van der Waals surface area contributed by atoms with Gasteiger partial charge in [-0.15, -0.1) is 0 Å². The van der Waals surface area contributed by atoms with Crippen LogP contribution in [-0.2, 0) is 7.05 Å². The van der Waals surface area contributed by atoms with E-state index in [-0.39, 0.29) is 5.56 Å². The van der Waals surface area contributed by atoms with Crippen LogP contribution in [0.3, 0.4) is 0 Å². The molecule has 0 aliphatic carbocycles. The number of aromatic nitrogens is 3. The van der Waals surface area contributed by atoms with E-state index in [1.165, 1.54) is 6.07 Å². The van der Waals surface area contributed by atoms with Crippen molar-refractivity contribution in [1.29, 1.82) is 0 Å². The van der Waals surface area contributed by atoms with Crippen LogP contribution in [0.5, 0.6) is 0 Å². The molecule has 0 bridgehead atoms. The Bertz CT molecular complexity index is 469. The van der Waals surface area contributed by atoms with Crippen molar-refractivity contribution in [3.63, 3.8) is 0 Å². The SMILES string of the molecule is Cn1ccnc1-c1cccc(=O)[nH]1. The molecule has 0 atom stereocenters. The second kappa shape index (κ2) is 2.90. The Morgan fingerprint density at radius 2 is 2.31 bits per heavy atom. The van der Waals surface area contributed by atoms with Crippen molar-refractivity contribution in [2.24, 2.45) is 7.05 Å². The summed E-state index contributed by atoms with van der Waals surface area (Å²) in [5.41, 5.74) is 0.625. The van der Waals surface area contributed by atoms with E-state index in [4.69, 9.17) is 0 Å². The van der Waals surface area contributed by atoms with Crippen molar-refractivity contribution in [2.45, 2.75) is 0 Å². The number of hydrogen-bond acceptors (Lipinski definition) is 2. The predicted molar refractivity (Wildman–Crippen MR) is 49.3 cm³/mol. The Morgan fingerprint density at radius 1 is 1.46 bits per heavy atom. The Balaban J connectivity index is 2.59. The average Bonchev–Trinajstić information content (AvgIpc) is 2.51. The summed E-state index contributed by atoms with van der Waals surface area (Å²) in [5.74, 6) is 0.762. The summed E-state index contributed by atoms with van der Waals surface area (Å²) >= 11 is 0. The molecule has 0 amide bonds. The van der Waals surface area contributed by atoms with Crippen LogP contribution < -0.4 is 5.56 Å². The van der Waals surface area contributed by atoms with Crippen LogP contribution in [-0.4, -0.2) is 14.5 Å². The van der Waals surface area contributed by atoms with Gasteiger partial charge in [0, 0.05) is 25.5 Å². The first kappa shape index (κ1) is 7.79. The third-order valence-corrected chi connectivity index (χ3v) is 1.83. The van der Waals surface area contributed by atoms with Crippen LogP contribution in [0.15, 0.2) is 35.4 Å². The molecule has 0 aromatic carbocycles. The first-order valence-corrected chi connectivity index (χ1v) is 3.94. The lowest BCUT2D eigenvalue weighted by molar-refractivity contribution is 0.916. The third kappa shape index (κ3) is 1.38. The number of rotatable bonds is 1. The maximum atomic E-state index is 11.0. The Morgan fingerprint density at radius 3 is 2.92 bits per heavy atom. The summed E-state index contributed by atoms with van der Waals surface area (Å²) in [4.78, 5) is 17.8. The minimum atomic E-state index is -0.111. The molecule has 0 spiro atoms.